The lowest BCUT2D eigenvalue weighted by molar-refractivity contribution is -0.385. The smallest absolute Gasteiger partial charge is 0.293 e. The van der Waals surface area contributed by atoms with E-state index in [-0.39, 0.29) is 29.3 Å². The zero-order valence-corrected chi connectivity index (χ0v) is 20.3. The third-order valence-corrected chi connectivity index (χ3v) is 6.57. The van der Waals surface area contributed by atoms with Crippen molar-refractivity contribution in [1.29, 1.82) is 0 Å². The summed E-state index contributed by atoms with van der Waals surface area (Å²) in [7, 11) is 1.46. The molecule has 5 rings (SSSR count). The number of imide groups is 1. The Hall–Kier alpha value is -4.70. The molecular formula is C27H19N3O6S. The molecule has 1 saturated heterocycles. The molecule has 0 bridgehead atoms. The molecule has 37 heavy (non-hydrogen) atoms. The molecule has 0 saturated carbocycles. The summed E-state index contributed by atoms with van der Waals surface area (Å²) in [5, 5.41) is 12.6. The number of benzene rings is 3. The number of nitrogens with zero attached hydrogens (tertiary/aromatic N) is 3. The number of rotatable bonds is 7. The van der Waals surface area contributed by atoms with Gasteiger partial charge in [0.05, 0.1) is 23.5 Å². The standard InChI is InChI=1S/C27H19N3O6S/c1-35-23-13-17(7-10-22(23)36-25-11-9-21(15-28-25)30(33)34)14-24-26(31)29(27(32)37-24)16-18-6-8-19-4-2-3-5-20(19)12-18/h2-15H,16H2,1H3/b24-14-. The quantitative estimate of drug-likeness (QED) is 0.164. The summed E-state index contributed by atoms with van der Waals surface area (Å²) in [5.74, 6) is 0.499. The van der Waals surface area contributed by atoms with Gasteiger partial charge in [0.25, 0.3) is 16.8 Å². The van der Waals surface area contributed by atoms with Gasteiger partial charge in [-0.25, -0.2) is 4.98 Å². The summed E-state index contributed by atoms with van der Waals surface area (Å²) in [6, 6.07) is 21.5. The van der Waals surface area contributed by atoms with Gasteiger partial charge in [0.2, 0.25) is 5.88 Å². The van der Waals surface area contributed by atoms with Crippen molar-refractivity contribution in [2.45, 2.75) is 6.54 Å². The first-order valence-corrected chi connectivity index (χ1v) is 11.9. The SMILES string of the molecule is COc1cc(/C=C2\SC(=O)N(Cc3ccc4ccccc4c3)C2=O)ccc1Oc1ccc([N+](=O)[O-])cn1. The molecule has 3 aromatic carbocycles. The Balaban J connectivity index is 1.33. The van der Waals surface area contributed by atoms with E-state index in [1.165, 1.54) is 24.1 Å². The van der Waals surface area contributed by atoms with Crippen molar-refractivity contribution in [3.05, 3.63) is 105 Å². The summed E-state index contributed by atoms with van der Waals surface area (Å²) < 4.78 is 11.1. The van der Waals surface area contributed by atoms with Gasteiger partial charge in [-0.05, 0) is 57.9 Å². The molecule has 184 valence electrons. The predicted molar refractivity (Wildman–Crippen MR) is 139 cm³/mol. The fraction of sp³-hybridized carbons (Fsp3) is 0.0741. The van der Waals surface area contributed by atoms with Crippen molar-refractivity contribution in [3.8, 4) is 17.4 Å². The van der Waals surface area contributed by atoms with E-state index in [0.717, 1.165) is 34.3 Å². The molecule has 2 amide bonds. The largest absolute Gasteiger partial charge is 0.493 e. The highest BCUT2D eigenvalue weighted by Gasteiger charge is 2.35. The highest BCUT2D eigenvalue weighted by Crippen LogP contribution is 2.36. The van der Waals surface area contributed by atoms with Crippen molar-refractivity contribution in [2.75, 3.05) is 7.11 Å². The number of fused-ring (bicyclic) bond motifs is 1. The lowest BCUT2D eigenvalue weighted by Crippen LogP contribution is -2.27. The van der Waals surface area contributed by atoms with E-state index in [4.69, 9.17) is 9.47 Å². The van der Waals surface area contributed by atoms with Crippen LogP contribution in [-0.2, 0) is 11.3 Å². The summed E-state index contributed by atoms with van der Waals surface area (Å²) in [5.41, 5.74) is 1.35. The van der Waals surface area contributed by atoms with Gasteiger partial charge < -0.3 is 9.47 Å². The number of thioether (sulfide) groups is 1. The highest BCUT2D eigenvalue weighted by atomic mass is 32.2. The average molecular weight is 514 g/mol. The Morgan fingerprint density at radius 3 is 2.54 bits per heavy atom. The third kappa shape index (κ3) is 5.14. The molecular weight excluding hydrogens is 494 g/mol. The number of aromatic nitrogens is 1. The van der Waals surface area contributed by atoms with E-state index in [0.29, 0.717) is 22.0 Å². The van der Waals surface area contributed by atoms with Gasteiger partial charge in [-0.1, -0.05) is 42.5 Å². The van der Waals surface area contributed by atoms with Crippen molar-refractivity contribution in [2.24, 2.45) is 0 Å². The number of ether oxygens (including phenoxy) is 2. The minimum Gasteiger partial charge on any atom is -0.493 e. The first kappa shape index (κ1) is 24.0. The van der Waals surface area contributed by atoms with Crippen LogP contribution in [0.2, 0.25) is 0 Å². The Morgan fingerprint density at radius 1 is 1.00 bits per heavy atom. The van der Waals surface area contributed by atoms with E-state index < -0.39 is 4.92 Å². The van der Waals surface area contributed by atoms with Crippen molar-refractivity contribution in [3.63, 3.8) is 0 Å². The number of amides is 2. The summed E-state index contributed by atoms with van der Waals surface area (Å²) in [6.45, 7) is 0.186. The van der Waals surface area contributed by atoms with Gasteiger partial charge in [-0.15, -0.1) is 0 Å². The molecule has 0 atom stereocenters. The van der Waals surface area contributed by atoms with Crippen LogP contribution in [-0.4, -0.2) is 33.1 Å². The van der Waals surface area contributed by atoms with Crippen molar-refractivity contribution in [1.82, 2.24) is 9.88 Å². The maximum absolute atomic E-state index is 13.0. The zero-order valence-electron chi connectivity index (χ0n) is 19.5. The molecule has 1 aromatic heterocycles. The fourth-order valence-electron chi connectivity index (χ4n) is 3.82. The Kier molecular flexibility index (Phi) is 6.57. The molecule has 1 aliphatic rings. The second-order valence-corrected chi connectivity index (χ2v) is 9.07. The van der Waals surface area contributed by atoms with E-state index in [1.54, 1.807) is 24.3 Å². The molecule has 0 aliphatic carbocycles. The van der Waals surface area contributed by atoms with Crippen molar-refractivity contribution < 1.29 is 24.0 Å². The van der Waals surface area contributed by atoms with Crippen LogP contribution in [0.5, 0.6) is 17.4 Å². The van der Waals surface area contributed by atoms with E-state index >= 15 is 0 Å². The van der Waals surface area contributed by atoms with Crippen LogP contribution in [0.4, 0.5) is 10.5 Å². The van der Waals surface area contributed by atoms with E-state index in [1.807, 2.05) is 42.5 Å². The topological polar surface area (TPSA) is 112 Å². The minimum absolute atomic E-state index is 0.149. The van der Waals surface area contributed by atoms with Gasteiger partial charge in [-0.2, -0.15) is 0 Å². The van der Waals surface area contributed by atoms with Crippen LogP contribution in [0.25, 0.3) is 16.8 Å². The highest BCUT2D eigenvalue weighted by molar-refractivity contribution is 8.18. The lowest BCUT2D eigenvalue weighted by atomic mass is 10.1. The van der Waals surface area contributed by atoms with Crippen LogP contribution in [0.15, 0.2) is 83.9 Å². The molecule has 0 spiro atoms. The second kappa shape index (κ2) is 10.1. The maximum Gasteiger partial charge on any atom is 0.293 e. The average Bonchev–Trinajstić information content (AvgIpc) is 3.17. The molecule has 0 unspecified atom stereocenters. The van der Waals surface area contributed by atoms with Crippen LogP contribution >= 0.6 is 11.8 Å². The number of hydrogen-bond acceptors (Lipinski definition) is 8. The normalized spacial score (nSPS) is 14.4. The van der Waals surface area contributed by atoms with Gasteiger partial charge in [0.1, 0.15) is 6.20 Å². The van der Waals surface area contributed by atoms with Crippen LogP contribution in [0.1, 0.15) is 11.1 Å². The molecule has 0 N–H and O–H groups in total. The summed E-state index contributed by atoms with van der Waals surface area (Å²) >= 11 is 0.885. The number of carbonyl (C=O) groups is 2. The Labute approximate surface area is 215 Å². The second-order valence-electron chi connectivity index (χ2n) is 8.07. The fourth-order valence-corrected chi connectivity index (χ4v) is 4.66. The third-order valence-electron chi connectivity index (χ3n) is 5.66. The number of nitro groups is 1. The zero-order chi connectivity index (χ0) is 25.9. The lowest BCUT2D eigenvalue weighted by Gasteiger charge is -2.13. The molecule has 10 heteroatoms. The van der Waals surface area contributed by atoms with Gasteiger partial charge >= 0.3 is 0 Å². The van der Waals surface area contributed by atoms with Crippen LogP contribution < -0.4 is 9.47 Å². The Bertz CT molecular complexity index is 1570. The van der Waals surface area contributed by atoms with Crippen molar-refractivity contribution >= 4 is 45.4 Å². The van der Waals surface area contributed by atoms with E-state index in [9.17, 15) is 19.7 Å². The summed E-state index contributed by atoms with van der Waals surface area (Å²) in [6.07, 6.45) is 2.73. The monoisotopic (exact) mass is 513 g/mol. The van der Waals surface area contributed by atoms with Gasteiger partial charge in [0, 0.05) is 12.1 Å². The van der Waals surface area contributed by atoms with Gasteiger partial charge in [-0.3, -0.25) is 24.6 Å². The molecule has 1 fully saturated rings. The Morgan fingerprint density at radius 2 is 1.81 bits per heavy atom. The molecule has 1 aliphatic heterocycles. The maximum atomic E-state index is 13.0. The van der Waals surface area contributed by atoms with Crippen LogP contribution in [0.3, 0.4) is 0 Å². The minimum atomic E-state index is -0.546. The number of carbonyl (C=O) groups excluding carboxylic acids is 2. The first-order valence-electron chi connectivity index (χ1n) is 11.1. The van der Waals surface area contributed by atoms with E-state index in [2.05, 4.69) is 4.98 Å². The van der Waals surface area contributed by atoms with Crippen LogP contribution in [0, 0.1) is 10.1 Å². The number of pyridine rings is 1. The molecule has 4 aromatic rings. The summed E-state index contributed by atoms with van der Waals surface area (Å²) in [4.78, 5) is 41.4. The predicted octanol–water partition coefficient (Wildman–Crippen LogP) is 6.18. The number of methoxy groups -OCH3 is 1. The van der Waals surface area contributed by atoms with Gasteiger partial charge in [0.15, 0.2) is 11.5 Å². The number of hydrogen-bond donors (Lipinski definition) is 0. The first-order chi connectivity index (χ1) is 17.9. The molecule has 0 radical (unpaired) electrons. The molecule has 9 nitrogen and oxygen atoms in total. The molecule has 2 heterocycles.